The number of hydrogen-bond donors (Lipinski definition) is 7. The monoisotopic (exact) mass is 728 g/mol. The molecule has 1 aromatic heterocycles. The van der Waals surface area contributed by atoms with E-state index in [-0.39, 0.29) is 35.7 Å². The van der Waals surface area contributed by atoms with Gasteiger partial charge in [0.1, 0.15) is 12.3 Å². The van der Waals surface area contributed by atoms with Crippen molar-refractivity contribution in [3.05, 3.63) is 72.0 Å². The molecule has 2 heterocycles. The van der Waals surface area contributed by atoms with Crippen LogP contribution >= 0.6 is 23.5 Å². The summed E-state index contributed by atoms with van der Waals surface area (Å²) in [5.74, 6) is 5.00. The molecule has 0 bridgehead atoms. The zero-order valence-corrected chi connectivity index (χ0v) is 27.2. The number of nitro benzene ring substituents is 1. The molecule has 21 nitrogen and oxygen atoms in total. The summed E-state index contributed by atoms with van der Waals surface area (Å²) in [7, 11) is -16.9. The van der Waals surface area contributed by atoms with Crippen molar-refractivity contribution in [3.63, 3.8) is 0 Å². The predicted octanol–water partition coefficient (Wildman–Crippen LogP) is 0.661. The van der Waals surface area contributed by atoms with Gasteiger partial charge in [0, 0.05) is 24.2 Å². The van der Waals surface area contributed by atoms with E-state index in [0.29, 0.717) is 5.56 Å². The smallest absolute Gasteiger partial charge is 0.390 e. The van der Waals surface area contributed by atoms with Crippen LogP contribution in [-0.4, -0.2) is 64.5 Å². The second-order valence-corrected chi connectivity index (χ2v) is 14.6. The Morgan fingerprint density at radius 2 is 1.85 bits per heavy atom. The summed E-state index contributed by atoms with van der Waals surface area (Å²) in [6.07, 6.45) is -4.35. The van der Waals surface area contributed by atoms with Gasteiger partial charge in [0.05, 0.1) is 48.0 Å². The average Bonchev–Trinajstić information content (AvgIpc) is 3.29. The van der Waals surface area contributed by atoms with Crippen molar-refractivity contribution in [2.45, 2.75) is 51.4 Å². The Labute approximate surface area is 264 Å². The van der Waals surface area contributed by atoms with Gasteiger partial charge in [-0.05, 0) is 18.1 Å². The average molecular weight is 728 g/mol. The number of phosphoric acid groups is 3. The van der Waals surface area contributed by atoms with Gasteiger partial charge < -0.3 is 39.9 Å². The first-order valence-corrected chi connectivity index (χ1v) is 17.8. The van der Waals surface area contributed by atoms with Gasteiger partial charge in [-0.2, -0.15) is 8.62 Å². The minimum atomic E-state index is -5.78. The number of aromatic nitrogens is 2. The lowest BCUT2D eigenvalue weighted by Gasteiger charge is -2.22. The number of nitrogens with two attached hydrogens (primary N) is 1. The molecule has 0 saturated carbocycles. The quantitative estimate of drug-likeness (QED) is 0.0608. The van der Waals surface area contributed by atoms with Crippen molar-refractivity contribution < 1.29 is 65.9 Å². The maximum absolute atomic E-state index is 12.6. The van der Waals surface area contributed by atoms with Gasteiger partial charge in [-0.1, -0.05) is 25.7 Å². The highest BCUT2D eigenvalue weighted by Crippen LogP contribution is 2.66. The van der Waals surface area contributed by atoms with Crippen LogP contribution in [0.4, 0.5) is 5.69 Å². The molecule has 1 aromatic carbocycles. The number of aliphatic hydroxyl groups is 1. The third kappa shape index (κ3) is 11.1. The zero-order valence-electron chi connectivity index (χ0n) is 24.5. The summed E-state index contributed by atoms with van der Waals surface area (Å²) >= 11 is 0. The molecule has 8 N–H and O–H groups in total. The van der Waals surface area contributed by atoms with Crippen LogP contribution in [0, 0.1) is 27.9 Å². The lowest BCUT2D eigenvalue weighted by molar-refractivity contribution is -0.386. The van der Waals surface area contributed by atoms with E-state index < -0.39 is 77.4 Å². The summed E-state index contributed by atoms with van der Waals surface area (Å²) in [6.45, 7) is 2.10. The number of ether oxygens (including phenoxy) is 2. The van der Waals surface area contributed by atoms with Crippen molar-refractivity contribution >= 4 is 29.2 Å². The Balaban J connectivity index is 1.76. The fourth-order valence-corrected chi connectivity index (χ4v) is 7.37. The molecule has 0 amide bonds. The van der Waals surface area contributed by atoms with Crippen molar-refractivity contribution in [1.29, 1.82) is 0 Å². The van der Waals surface area contributed by atoms with E-state index in [0.717, 1.165) is 10.8 Å². The summed E-state index contributed by atoms with van der Waals surface area (Å²) in [6, 6.07) is 4.30. The van der Waals surface area contributed by atoms with Crippen LogP contribution in [0.15, 0.2) is 34.0 Å². The molecule has 6 atom stereocenters. The third-order valence-electron chi connectivity index (χ3n) is 6.27. The summed E-state index contributed by atoms with van der Waals surface area (Å²) in [4.78, 5) is 74.7. The Kier molecular flexibility index (Phi) is 12.8. The Hall–Kier alpha value is -2.89. The summed E-state index contributed by atoms with van der Waals surface area (Å²) in [5, 5.41) is 22.2. The van der Waals surface area contributed by atoms with E-state index in [9.17, 15) is 48.3 Å². The van der Waals surface area contributed by atoms with Gasteiger partial charge in [0.25, 0.3) is 11.2 Å². The number of H-pyrrole nitrogens is 1. The van der Waals surface area contributed by atoms with E-state index >= 15 is 0 Å². The molecule has 1 aliphatic rings. The number of aliphatic hydroxyl groups excluding tert-OH is 1. The highest BCUT2D eigenvalue weighted by molar-refractivity contribution is 7.66. The summed E-state index contributed by atoms with van der Waals surface area (Å²) < 4.78 is 58.3. The molecule has 260 valence electrons. The Morgan fingerprint density at radius 1 is 1.17 bits per heavy atom. The van der Waals surface area contributed by atoms with E-state index in [2.05, 4.69) is 30.0 Å². The lowest BCUT2D eigenvalue weighted by Crippen LogP contribution is -2.34. The molecule has 47 heavy (non-hydrogen) atoms. The second kappa shape index (κ2) is 15.6. The van der Waals surface area contributed by atoms with E-state index in [1.54, 1.807) is 19.9 Å². The SMILES string of the molecule is CC(C)[C@@H](OCc1cn([C@H]2C[C@@H](O)[C@@H](COP(=O)(O)OP(=O)(O)OP(=O)(O)O)O2)c(=O)[nH]c1=O)c1ccc(C#CCN)cc1[N+](=O)[O-]. The zero-order chi connectivity index (χ0) is 35.3. The van der Waals surface area contributed by atoms with Gasteiger partial charge in [-0.3, -0.25) is 29.0 Å². The number of nitro groups is 1. The normalized spacial score (nSPS) is 21.4. The first-order chi connectivity index (χ1) is 21.7. The first kappa shape index (κ1) is 38.6. The highest BCUT2D eigenvalue weighted by Gasteiger charge is 2.43. The van der Waals surface area contributed by atoms with Gasteiger partial charge in [0.15, 0.2) is 0 Å². The number of aromatic amines is 1. The first-order valence-electron chi connectivity index (χ1n) is 13.3. The van der Waals surface area contributed by atoms with Gasteiger partial charge in [0.2, 0.25) is 0 Å². The Bertz CT molecular complexity index is 1790. The molecule has 1 fully saturated rings. The molecular formula is C23H31N4O17P3. The number of hydrogen-bond acceptors (Lipinski definition) is 14. The lowest BCUT2D eigenvalue weighted by atomic mass is 9.96. The van der Waals surface area contributed by atoms with Gasteiger partial charge in [-0.25, -0.2) is 18.5 Å². The van der Waals surface area contributed by atoms with E-state index in [1.165, 1.54) is 12.1 Å². The predicted molar refractivity (Wildman–Crippen MR) is 157 cm³/mol. The van der Waals surface area contributed by atoms with Crippen LogP contribution in [0.2, 0.25) is 0 Å². The molecule has 1 aliphatic heterocycles. The molecule has 0 radical (unpaired) electrons. The molecule has 2 unspecified atom stereocenters. The standard InChI is InChI=1S/C23H31N4O17P3/c1-13(2)21(16-6-5-14(4-3-7-24)8-17(16)27(31)32)40-11-15-10-26(23(30)25-22(15)29)20-9-18(28)19(42-20)12-41-46(36,37)44-47(38,39)43-45(33,34)35/h5-6,8,10,13,18-21,28H,7,9,11-12,24H2,1-2H3,(H,36,37)(H,38,39)(H,25,29,30)(H2,33,34,35)/t18-,19-,20-,21-/m1/s1. The number of nitrogens with one attached hydrogen (secondary N) is 1. The van der Waals surface area contributed by atoms with Crippen LogP contribution < -0.4 is 17.0 Å². The van der Waals surface area contributed by atoms with Crippen LogP contribution in [0.3, 0.4) is 0 Å². The molecular weight excluding hydrogens is 697 g/mol. The molecule has 2 aromatic rings. The van der Waals surface area contributed by atoms with Gasteiger partial charge >= 0.3 is 29.2 Å². The van der Waals surface area contributed by atoms with Crippen molar-refractivity contribution in [3.8, 4) is 11.8 Å². The van der Waals surface area contributed by atoms with Crippen molar-refractivity contribution in [1.82, 2.24) is 9.55 Å². The topological polar surface area (TPSA) is 323 Å². The van der Waals surface area contributed by atoms with E-state index in [1.807, 2.05) is 0 Å². The fourth-order valence-electron chi connectivity index (χ4n) is 4.34. The number of phosphoric ester groups is 1. The number of benzene rings is 1. The minimum Gasteiger partial charge on any atom is -0.390 e. The van der Waals surface area contributed by atoms with Crippen molar-refractivity contribution in [2.24, 2.45) is 11.7 Å². The van der Waals surface area contributed by atoms with Crippen molar-refractivity contribution in [2.75, 3.05) is 13.2 Å². The van der Waals surface area contributed by atoms with E-state index in [4.69, 9.17) is 25.0 Å². The molecule has 0 aliphatic carbocycles. The molecule has 3 rings (SSSR count). The third-order valence-corrected chi connectivity index (χ3v) is 10.1. The van der Waals surface area contributed by atoms with Crippen LogP contribution in [0.1, 0.15) is 49.3 Å². The highest BCUT2D eigenvalue weighted by atomic mass is 31.3. The van der Waals surface area contributed by atoms with Crippen LogP contribution in [-0.2, 0) is 42.9 Å². The molecule has 1 saturated heterocycles. The van der Waals surface area contributed by atoms with Crippen LogP contribution in [0.5, 0.6) is 0 Å². The summed E-state index contributed by atoms with van der Waals surface area (Å²) in [5.41, 5.74) is 3.71. The number of nitrogens with zero attached hydrogens (tertiary/aromatic N) is 2. The second-order valence-electron chi connectivity index (χ2n) is 10.2. The van der Waals surface area contributed by atoms with Crippen LogP contribution in [0.25, 0.3) is 0 Å². The number of rotatable bonds is 14. The largest absolute Gasteiger partial charge is 0.490 e. The molecule has 24 heteroatoms. The Morgan fingerprint density at radius 3 is 2.45 bits per heavy atom. The maximum Gasteiger partial charge on any atom is 0.490 e. The van der Waals surface area contributed by atoms with Gasteiger partial charge in [-0.15, -0.1) is 0 Å². The fraction of sp³-hybridized carbons (Fsp3) is 0.478. The minimum absolute atomic E-state index is 0.0531. The molecule has 0 spiro atoms. The maximum atomic E-state index is 12.6.